The molecule has 2 nitrogen and oxygen atoms in total. The van der Waals surface area contributed by atoms with Crippen LogP contribution in [0, 0.1) is 11.8 Å². The fourth-order valence-electron chi connectivity index (χ4n) is 1.35. The van der Waals surface area contributed by atoms with Gasteiger partial charge in [-0.25, -0.2) is 0 Å². The Balaban J connectivity index is 4.50. The Morgan fingerprint density at radius 3 is 2.07 bits per heavy atom. The van der Waals surface area contributed by atoms with Gasteiger partial charge in [0.2, 0.25) is 0 Å². The first-order valence-corrected chi connectivity index (χ1v) is 5.88. The van der Waals surface area contributed by atoms with E-state index in [0.717, 1.165) is 6.54 Å². The SMILES string of the molecule is CCNC(C(=O)C(C)C)C(S)C(C)C. The molecule has 84 valence electrons. The highest BCUT2D eigenvalue weighted by Crippen LogP contribution is 2.16. The van der Waals surface area contributed by atoms with Crippen LogP contribution in [-0.4, -0.2) is 23.6 Å². The van der Waals surface area contributed by atoms with Gasteiger partial charge < -0.3 is 5.32 Å². The van der Waals surface area contributed by atoms with E-state index in [1.165, 1.54) is 0 Å². The Morgan fingerprint density at radius 1 is 1.29 bits per heavy atom. The summed E-state index contributed by atoms with van der Waals surface area (Å²) in [5.41, 5.74) is 0. The number of likely N-dealkylation sites (N-methyl/N-ethyl adjacent to an activating group) is 1. The normalized spacial score (nSPS) is 16.0. The highest BCUT2D eigenvalue weighted by atomic mass is 32.1. The van der Waals surface area contributed by atoms with Crippen LogP contribution in [0.3, 0.4) is 0 Å². The van der Waals surface area contributed by atoms with Gasteiger partial charge in [-0.1, -0.05) is 34.6 Å². The van der Waals surface area contributed by atoms with E-state index in [1.807, 2.05) is 20.8 Å². The first-order valence-electron chi connectivity index (χ1n) is 5.37. The molecule has 0 aliphatic rings. The van der Waals surface area contributed by atoms with Crippen LogP contribution in [-0.2, 0) is 4.79 Å². The molecule has 0 bridgehead atoms. The molecule has 0 saturated carbocycles. The van der Waals surface area contributed by atoms with Crippen molar-refractivity contribution in [2.24, 2.45) is 11.8 Å². The molecule has 2 unspecified atom stereocenters. The van der Waals surface area contributed by atoms with Crippen molar-refractivity contribution in [2.75, 3.05) is 6.54 Å². The molecule has 0 aliphatic carbocycles. The number of Topliss-reactive ketones (excluding diaryl/α,β-unsaturated/α-hetero) is 1. The highest BCUT2D eigenvalue weighted by molar-refractivity contribution is 7.81. The summed E-state index contributed by atoms with van der Waals surface area (Å²) in [6, 6.07) is -0.108. The molecule has 0 fully saturated rings. The van der Waals surface area contributed by atoms with E-state index in [9.17, 15) is 4.79 Å². The summed E-state index contributed by atoms with van der Waals surface area (Å²) in [6.07, 6.45) is 0. The number of nitrogens with one attached hydrogen (secondary N) is 1. The number of ketones is 1. The minimum absolute atomic E-state index is 0.0763. The third-order valence-electron chi connectivity index (χ3n) is 2.32. The third-order valence-corrected chi connectivity index (χ3v) is 3.22. The number of carbonyl (C=O) groups is 1. The largest absolute Gasteiger partial charge is 0.307 e. The predicted octanol–water partition coefficient (Wildman–Crippen LogP) is 2.14. The first kappa shape index (κ1) is 14.0. The van der Waals surface area contributed by atoms with Gasteiger partial charge in [0.15, 0.2) is 5.78 Å². The Hall–Kier alpha value is -0.0200. The summed E-state index contributed by atoms with van der Waals surface area (Å²) >= 11 is 4.50. The lowest BCUT2D eigenvalue weighted by molar-refractivity contribution is -0.124. The van der Waals surface area contributed by atoms with Gasteiger partial charge in [0.25, 0.3) is 0 Å². The van der Waals surface area contributed by atoms with E-state index >= 15 is 0 Å². The zero-order valence-corrected chi connectivity index (χ0v) is 10.8. The lowest BCUT2D eigenvalue weighted by Crippen LogP contribution is -2.47. The van der Waals surface area contributed by atoms with E-state index in [-0.39, 0.29) is 23.0 Å². The van der Waals surface area contributed by atoms with Crippen molar-refractivity contribution < 1.29 is 4.79 Å². The summed E-state index contributed by atoms with van der Waals surface area (Å²) in [5, 5.41) is 3.32. The summed E-state index contributed by atoms with van der Waals surface area (Å²) in [4.78, 5) is 11.9. The maximum absolute atomic E-state index is 11.9. The van der Waals surface area contributed by atoms with E-state index in [1.54, 1.807) is 0 Å². The molecule has 0 aromatic heterocycles. The number of carbonyl (C=O) groups excluding carboxylic acids is 1. The van der Waals surface area contributed by atoms with Gasteiger partial charge in [-0.3, -0.25) is 4.79 Å². The summed E-state index contributed by atoms with van der Waals surface area (Å²) in [6.45, 7) is 10.9. The van der Waals surface area contributed by atoms with Crippen molar-refractivity contribution in [3.05, 3.63) is 0 Å². The average molecular weight is 217 g/mol. The standard InChI is InChI=1S/C11H23NOS/c1-6-12-9(10(13)7(2)3)11(14)8(4)5/h7-9,11-12,14H,6H2,1-5H3. The molecule has 0 spiro atoms. The molecule has 0 aromatic carbocycles. The zero-order valence-electron chi connectivity index (χ0n) is 9.87. The van der Waals surface area contributed by atoms with Crippen molar-refractivity contribution in [3.63, 3.8) is 0 Å². The van der Waals surface area contributed by atoms with Gasteiger partial charge in [0.1, 0.15) is 0 Å². The number of hydrogen-bond acceptors (Lipinski definition) is 3. The molecule has 0 aliphatic heterocycles. The number of thiol groups is 1. The molecule has 1 N–H and O–H groups in total. The maximum Gasteiger partial charge on any atom is 0.153 e. The maximum atomic E-state index is 11.9. The first-order chi connectivity index (χ1) is 6.41. The third kappa shape index (κ3) is 4.01. The van der Waals surface area contributed by atoms with Crippen LogP contribution in [0.4, 0.5) is 0 Å². The van der Waals surface area contributed by atoms with Gasteiger partial charge in [0.05, 0.1) is 6.04 Å². The molecule has 0 radical (unpaired) electrons. The molecular weight excluding hydrogens is 194 g/mol. The molecule has 0 rings (SSSR count). The molecule has 14 heavy (non-hydrogen) atoms. The van der Waals surface area contributed by atoms with Crippen LogP contribution in [0.25, 0.3) is 0 Å². The van der Waals surface area contributed by atoms with Crippen molar-refractivity contribution >= 4 is 18.4 Å². The molecular formula is C11H23NOS. The van der Waals surface area contributed by atoms with Crippen molar-refractivity contribution in [1.29, 1.82) is 0 Å². The van der Waals surface area contributed by atoms with Crippen LogP contribution in [0.2, 0.25) is 0 Å². The predicted molar refractivity (Wildman–Crippen MR) is 64.9 cm³/mol. The minimum Gasteiger partial charge on any atom is -0.307 e. The fourth-order valence-corrected chi connectivity index (χ4v) is 1.61. The van der Waals surface area contributed by atoms with Crippen LogP contribution in [0.1, 0.15) is 34.6 Å². The molecule has 0 heterocycles. The smallest absolute Gasteiger partial charge is 0.153 e. The average Bonchev–Trinajstić information content (AvgIpc) is 2.11. The lowest BCUT2D eigenvalue weighted by Gasteiger charge is -2.27. The van der Waals surface area contributed by atoms with Gasteiger partial charge in [-0.05, 0) is 12.5 Å². The fraction of sp³-hybridized carbons (Fsp3) is 0.909. The molecule has 3 heteroatoms. The Morgan fingerprint density at radius 2 is 1.79 bits per heavy atom. The van der Waals surface area contributed by atoms with Crippen molar-refractivity contribution in [2.45, 2.75) is 45.9 Å². The molecule has 0 aromatic rings. The molecule has 0 saturated heterocycles. The Kier molecular flexibility index (Phi) is 6.45. The molecule has 0 amide bonds. The van der Waals surface area contributed by atoms with E-state index in [0.29, 0.717) is 5.92 Å². The second-order valence-corrected chi connectivity index (χ2v) is 4.92. The lowest BCUT2D eigenvalue weighted by atomic mass is 9.93. The van der Waals surface area contributed by atoms with E-state index in [2.05, 4.69) is 31.8 Å². The number of hydrogen-bond donors (Lipinski definition) is 2. The summed E-state index contributed by atoms with van der Waals surface area (Å²) in [5.74, 6) is 0.748. The Bertz CT molecular complexity index is 180. The highest BCUT2D eigenvalue weighted by Gasteiger charge is 2.28. The van der Waals surface area contributed by atoms with Crippen molar-refractivity contribution in [3.8, 4) is 0 Å². The van der Waals surface area contributed by atoms with Gasteiger partial charge in [-0.2, -0.15) is 12.6 Å². The van der Waals surface area contributed by atoms with E-state index < -0.39 is 0 Å². The van der Waals surface area contributed by atoms with Gasteiger partial charge in [0, 0.05) is 11.2 Å². The van der Waals surface area contributed by atoms with Crippen LogP contribution >= 0.6 is 12.6 Å². The second kappa shape index (κ2) is 6.46. The quantitative estimate of drug-likeness (QED) is 0.668. The van der Waals surface area contributed by atoms with Crippen LogP contribution in [0.15, 0.2) is 0 Å². The Labute approximate surface area is 93.3 Å². The van der Waals surface area contributed by atoms with Gasteiger partial charge in [-0.15, -0.1) is 0 Å². The van der Waals surface area contributed by atoms with Gasteiger partial charge >= 0.3 is 0 Å². The monoisotopic (exact) mass is 217 g/mol. The van der Waals surface area contributed by atoms with Crippen molar-refractivity contribution in [1.82, 2.24) is 5.32 Å². The van der Waals surface area contributed by atoms with Crippen LogP contribution < -0.4 is 5.32 Å². The summed E-state index contributed by atoms with van der Waals surface area (Å²) < 4.78 is 0. The topological polar surface area (TPSA) is 29.1 Å². The minimum atomic E-state index is -0.108. The summed E-state index contributed by atoms with van der Waals surface area (Å²) in [7, 11) is 0. The van der Waals surface area contributed by atoms with Crippen LogP contribution in [0.5, 0.6) is 0 Å². The second-order valence-electron chi connectivity index (χ2n) is 4.33. The number of rotatable bonds is 6. The molecule has 2 atom stereocenters. The zero-order chi connectivity index (χ0) is 11.3. The van der Waals surface area contributed by atoms with E-state index in [4.69, 9.17) is 0 Å².